The van der Waals surface area contributed by atoms with E-state index in [1.807, 2.05) is 24.3 Å². The van der Waals surface area contributed by atoms with Crippen molar-refractivity contribution in [1.29, 1.82) is 0 Å². The van der Waals surface area contributed by atoms with Gasteiger partial charge in [0.1, 0.15) is 11.4 Å². The fourth-order valence-electron chi connectivity index (χ4n) is 3.68. The normalized spacial score (nSPS) is 16.4. The van der Waals surface area contributed by atoms with Gasteiger partial charge in [0.15, 0.2) is 0 Å². The summed E-state index contributed by atoms with van der Waals surface area (Å²) in [5.41, 5.74) is 1.99. The number of fused-ring (bicyclic) bond motifs is 3. The maximum absolute atomic E-state index is 13.1. The molecule has 1 unspecified atom stereocenters. The molecule has 0 saturated carbocycles. The van der Waals surface area contributed by atoms with E-state index < -0.39 is 0 Å². The van der Waals surface area contributed by atoms with Gasteiger partial charge in [0.25, 0.3) is 5.56 Å². The van der Waals surface area contributed by atoms with Gasteiger partial charge in [0.2, 0.25) is 11.8 Å². The number of hydrogen-bond acceptors (Lipinski definition) is 6. The fraction of sp³-hybridized carbons (Fsp3) is 0.300. The van der Waals surface area contributed by atoms with E-state index in [-0.39, 0.29) is 12.1 Å². The molecule has 5 rings (SSSR count). The monoisotopic (exact) mass is 456 g/mol. The summed E-state index contributed by atoms with van der Waals surface area (Å²) in [5.74, 6) is 1.48. The molecule has 1 aromatic carbocycles. The van der Waals surface area contributed by atoms with Crippen LogP contribution in [-0.4, -0.2) is 19.7 Å². The molecule has 0 fully saturated rings. The Balaban J connectivity index is 1.49. The number of thiophene rings is 1. The van der Waals surface area contributed by atoms with Crippen LogP contribution in [-0.2, 0) is 19.4 Å². The van der Waals surface area contributed by atoms with Crippen molar-refractivity contribution in [2.45, 2.75) is 32.7 Å². The lowest BCUT2D eigenvalue weighted by atomic mass is 9.89. The lowest BCUT2D eigenvalue weighted by Crippen LogP contribution is -2.22. The molecule has 142 valence electrons. The summed E-state index contributed by atoms with van der Waals surface area (Å²) >= 11 is 5.09. The molecule has 1 aliphatic rings. The van der Waals surface area contributed by atoms with Gasteiger partial charge in [-0.1, -0.05) is 28.9 Å². The van der Waals surface area contributed by atoms with E-state index in [1.165, 1.54) is 10.4 Å². The van der Waals surface area contributed by atoms with Crippen LogP contribution in [0.15, 0.2) is 44.3 Å². The van der Waals surface area contributed by atoms with E-state index in [1.54, 1.807) is 22.2 Å². The van der Waals surface area contributed by atoms with Gasteiger partial charge < -0.3 is 4.42 Å². The van der Waals surface area contributed by atoms with Crippen molar-refractivity contribution < 1.29 is 4.42 Å². The molecule has 28 heavy (non-hydrogen) atoms. The molecule has 0 N–H and O–H groups in total. The molecule has 0 amide bonds. The van der Waals surface area contributed by atoms with Gasteiger partial charge in [0, 0.05) is 14.9 Å². The zero-order valence-electron chi connectivity index (χ0n) is 15.2. The highest BCUT2D eigenvalue weighted by Gasteiger charge is 2.23. The Bertz CT molecular complexity index is 1240. The third-order valence-corrected chi connectivity index (χ3v) is 6.78. The fourth-order valence-corrected chi connectivity index (χ4v) is 5.42. The summed E-state index contributed by atoms with van der Waals surface area (Å²) < 4.78 is 8.27. The Morgan fingerprint density at radius 1 is 1.36 bits per heavy atom. The van der Waals surface area contributed by atoms with Gasteiger partial charge in [-0.05, 0) is 48.9 Å². The largest absolute Gasteiger partial charge is 0.419 e. The number of rotatable bonds is 3. The topological polar surface area (TPSA) is 73.8 Å². The van der Waals surface area contributed by atoms with E-state index in [4.69, 9.17) is 4.42 Å². The first-order valence-corrected chi connectivity index (χ1v) is 10.8. The van der Waals surface area contributed by atoms with Gasteiger partial charge in [-0.2, -0.15) is 0 Å². The van der Waals surface area contributed by atoms with Crippen LogP contribution in [0.5, 0.6) is 0 Å². The summed E-state index contributed by atoms with van der Waals surface area (Å²) in [4.78, 5) is 19.8. The quantitative estimate of drug-likeness (QED) is 0.455. The third kappa shape index (κ3) is 3.10. The summed E-state index contributed by atoms with van der Waals surface area (Å²) in [6.45, 7) is 2.47. The number of hydrogen-bond donors (Lipinski definition) is 0. The average Bonchev–Trinajstić information content (AvgIpc) is 3.28. The Labute approximate surface area is 173 Å². The molecule has 0 bridgehead atoms. The van der Waals surface area contributed by atoms with Crippen molar-refractivity contribution >= 4 is 37.5 Å². The molecule has 4 aromatic rings. The third-order valence-electron chi connectivity index (χ3n) is 5.13. The van der Waals surface area contributed by atoms with Crippen molar-refractivity contribution in [2.75, 3.05) is 0 Å². The highest BCUT2D eigenvalue weighted by Crippen LogP contribution is 2.35. The van der Waals surface area contributed by atoms with Crippen LogP contribution >= 0.6 is 27.3 Å². The van der Waals surface area contributed by atoms with Crippen molar-refractivity contribution in [3.63, 3.8) is 0 Å². The molecule has 1 atom stereocenters. The first kappa shape index (κ1) is 17.8. The second kappa shape index (κ2) is 6.93. The van der Waals surface area contributed by atoms with Crippen LogP contribution in [0.1, 0.15) is 29.7 Å². The van der Waals surface area contributed by atoms with E-state index in [2.05, 4.69) is 38.0 Å². The van der Waals surface area contributed by atoms with Crippen LogP contribution in [0.25, 0.3) is 21.7 Å². The first-order valence-electron chi connectivity index (χ1n) is 9.16. The molecular formula is C20H17BrN4O2S. The molecule has 8 heteroatoms. The number of benzene rings is 1. The smallest absolute Gasteiger partial charge is 0.262 e. The van der Waals surface area contributed by atoms with Gasteiger partial charge in [-0.15, -0.1) is 21.5 Å². The van der Waals surface area contributed by atoms with Crippen molar-refractivity contribution in [3.8, 4) is 11.5 Å². The van der Waals surface area contributed by atoms with E-state index in [0.717, 1.165) is 39.5 Å². The highest BCUT2D eigenvalue weighted by atomic mass is 79.9. The summed E-state index contributed by atoms with van der Waals surface area (Å²) in [5, 5.41) is 8.98. The number of aromatic nitrogens is 4. The minimum Gasteiger partial charge on any atom is -0.419 e. The zero-order chi connectivity index (χ0) is 19.3. The van der Waals surface area contributed by atoms with Gasteiger partial charge in [-0.25, -0.2) is 4.98 Å². The maximum Gasteiger partial charge on any atom is 0.262 e. The Morgan fingerprint density at radius 3 is 3.11 bits per heavy atom. The van der Waals surface area contributed by atoms with Gasteiger partial charge in [-0.3, -0.25) is 9.36 Å². The SMILES string of the molecule is CC1CCc2c(sc3ncn(Cc4nnc(-c5cccc(Br)c5)o4)c(=O)c23)C1. The lowest BCUT2D eigenvalue weighted by molar-refractivity contribution is 0.483. The number of nitrogens with zero attached hydrogens (tertiary/aromatic N) is 4. The second-order valence-corrected chi connectivity index (χ2v) is 9.22. The van der Waals surface area contributed by atoms with E-state index >= 15 is 0 Å². The summed E-state index contributed by atoms with van der Waals surface area (Å²) in [6, 6.07) is 7.66. The molecule has 0 spiro atoms. The predicted molar refractivity (Wildman–Crippen MR) is 112 cm³/mol. The van der Waals surface area contributed by atoms with Crippen LogP contribution in [0.3, 0.4) is 0 Å². The van der Waals surface area contributed by atoms with Crippen LogP contribution < -0.4 is 5.56 Å². The van der Waals surface area contributed by atoms with Crippen LogP contribution in [0.4, 0.5) is 0 Å². The molecule has 3 aromatic heterocycles. The van der Waals surface area contributed by atoms with Crippen LogP contribution in [0.2, 0.25) is 0 Å². The van der Waals surface area contributed by atoms with Gasteiger partial charge in [0.05, 0.1) is 11.7 Å². The number of halogens is 1. The van der Waals surface area contributed by atoms with Crippen molar-refractivity contribution in [3.05, 3.63) is 61.8 Å². The Hall–Kier alpha value is -2.32. The number of aryl methyl sites for hydroxylation is 1. The van der Waals surface area contributed by atoms with Crippen LogP contribution in [0, 0.1) is 5.92 Å². The lowest BCUT2D eigenvalue weighted by Gasteiger charge is -2.17. The van der Waals surface area contributed by atoms with Crippen molar-refractivity contribution in [1.82, 2.24) is 19.7 Å². The minimum atomic E-state index is -0.0285. The molecule has 0 radical (unpaired) electrons. The standard InChI is InChI=1S/C20H17BrN4O2S/c1-11-5-6-14-15(7-11)28-19-17(14)20(26)25(10-22-19)9-16-23-24-18(27-16)12-3-2-4-13(21)8-12/h2-4,8,10-11H,5-7,9H2,1H3. The average molecular weight is 457 g/mol. The zero-order valence-corrected chi connectivity index (χ0v) is 17.6. The van der Waals surface area contributed by atoms with Crippen molar-refractivity contribution in [2.24, 2.45) is 5.92 Å². The molecule has 0 saturated heterocycles. The Kier molecular flexibility index (Phi) is 4.40. The first-order chi connectivity index (χ1) is 13.6. The summed E-state index contributed by atoms with van der Waals surface area (Å²) in [7, 11) is 0. The molecular weight excluding hydrogens is 440 g/mol. The molecule has 3 heterocycles. The van der Waals surface area contributed by atoms with Gasteiger partial charge >= 0.3 is 0 Å². The maximum atomic E-state index is 13.1. The minimum absolute atomic E-state index is 0.0285. The molecule has 0 aliphatic heterocycles. The summed E-state index contributed by atoms with van der Waals surface area (Å²) in [6.07, 6.45) is 4.69. The molecule has 1 aliphatic carbocycles. The second-order valence-electron chi connectivity index (χ2n) is 7.22. The molecule has 6 nitrogen and oxygen atoms in total. The predicted octanol–water partition coefficient (Wildman–Crippen LogP) is 4.44. The Morgan fingerprint density at radius 2 is 2.25 bits per heavy atom. The van der Waals surface area contributed by atoms with E-state index in [9.17, 15) is 4.79 Å². The van der Waals surface area contributed by atoms with E-state index in [0.29, 0.717) is 17.7 Å². The highest BCUT2D eigenvalue weighted by molar-refractivity contribution is 9.10.